The van der Waals surface area contributed by atoms with Gasteiger partial charge in [0, 0.05) is 25.6 Å². The molecular formula is C19H19Cl2NO2. The van der Waals surface area contributed by atoms with Crippen LogP contribution in [-0.2, 0) is 16.1 Å². The molecule has 24 heavy (non-hydrogen) atoms. The first-order chi connectivity index (χ1) is 11.6. The SMILES string of the molecule is COC(=O)C1CN(Cc2ccccc2)C[C@H]1c1ccc(Cl)c(Cl)c1. The average Bonchev–Trinajstić information content (AvgIpc) is 3.01. The Labute approximate surface area is 152 Å². The van der Waals surface area contributed by atoms with Crippen LogP contribution in [0.2, 0.25) is 10.0 Å². The minimum atomic E-state index is -0.198. The largest absolute Gasteiger partial charge is 0.469 e. The van der Waals surface area contributed by atoms with Crippen LogP contribution >= 0.6 is 23.2 Å². The van der Waals surface area contributed by atoms with Crippen molar-refractivity contribution in [1.29, 1.82) is 0 Å². The Hall–Kier alpha value is -1.55. The first-order valence-corrected chi connectivity index (χ1v) is 8.63. The lowest BCUT2D eigenvalue weighted by atomic mass is 9.89. The fraction of sp³-hybridized carbons (Fsp3) is 0.316. The second-order valence-corrected chi connectivity index (χ2v) is 6.90. The van der Waals surface area contributed by atoms with Gasteiger partial charge in [-0.25, -0.2) is 0 Å². The fourth-order valence-corrected chi connectivity index (χ4v) is 3.63. The van der Waals surface area contributed by atoms with Gasteiger partial charge in [0.2, 0.25) is 0 Å². The molecule has 0 N–H and O–H groups in total. The molecule has 1 saturated heterocycles. The zero-order valence-electron chi connectivity index (χ0n) is 13.4. The van der Waals surface area contributed by atoms with Crippen molar-refractivity contribution in [3.05, 3.63) is 69.7 Å². The molecule has 0 spiro atoms. The zero-order chi connectivity index (χ0) is 17.1. The van der Waals surface area contributed by atoms with E-state index in [9.17, 15) is 4.79 Å². The number of hydrogen-bond acceptors (Lipinski definition) is 3. The molecule has 0 aromatic heterocycles. The van der Waals surface area contributed by atoms with E-state index in [1.807, 2.05) is 30.3 Å². The van der Waals surface area contributed by atoms with Gasteiger partial charge in [0.15, 0.2) is 0 Å². The number of rotatable bonds is 4. The third kappa shape index (κ3) is 3.75. The van der Waals surface area contributed by atoms with Crippen LogP contribution in [0.3, 0.4) is 0 Å². The standard InChI is InChI=1S/C19H19Cl2NO2/c1-24-19(23)16-12-22(10-13-5-3-2-4-6-13)11-15(16)14-7-8-17(20)18(21)9-14/h2-9,15-16H,10-12H2,1H3/t15-,16?/m0/s1. The summed E-state index contributed by atoms with van der Waals surface area (Å²) in [6, 6.07) is 15.8. The van der Waals surface area contributed by atoms with Crippen LogP contribution in [0, 0.1) is 5.92 Å². The third-order valence-corrected chi connectivity index (χ3v) is 5.26. The number of nitrogens with zero attached hydrogens (tertiary/aromatic N) is 1. The van der Waals surface area contributed by atoms with Crippen molar-refractivity contribution in [1.82, 2.24) is 4.90 Å². The smallest absolute Gasteiger partial charge is 0.310 e. The van der Waals surface area contributed by atoms with Crippen LogP contribution in [-0.4, -0.2) is 31.1 Å². The Bertz CT molecular complexity index is 721. The van der Waals surface area contributed by atoms with E-state index >= 15 is 0 Å². The van der Waals surface area contributed by atoms with Crippen molar-refractivity contribution in [2.75, 3.05) is 20.2 Å². The van der Waals surface area contributed by atoms with Crippen molar-refractivity contribution in [2.45, 2.75) is 12.5 Å². The Balaban J connectivity index is 1.82. The molecule has 2 atom stereocenters. The molecule has 3 nitrogen and oxygen atoms in total. The second-order valence-electron chi connectivity index (χ2n) is 6.09. The van der Waals surface area contributed by atoms with Crippen molar-refractivity contribution >= 4 is 29.2 Å². The summed E-state index contributed by atoms with van der Waals surface area (Å²) in [6.45, 7) is 2.27. The maximum atomic E-state index is 12.2. The Morgan fingerprint density at radius 1 is 1.12 bits per heavy atom. The van der Waals surface area contributed by atoms with E-state index in [1.54, 1.807) is 6.07 Å². The van der Waals surface area contributed by atoms with Crippen LogP contribution in [0.4, 0.5) is 0 Å². The number of ether oxygens (including phenoxy) is 1. The van der Waals surface area contributed by atoms with Gasteiger partial charge in [0.25, 0.3) is 0 Å². The van der Waals surface area contributed by atoms with Crippen molar-refractivity contribution < 1.29 is 9.53 Å². The first kappa shape index (κ1) is 17.3. The van der Waals surface area contributed by atoms with Gasteiger partial charge >= 0.3 is 5.97 Å². The summed E-state index contributed by atoms with van der Waals surface area (Å²) in [5.41, 5.74) is 2.26. The monoisotopic (exact) mass is 363 g/mol. The molecule has 0 aliphatic carbocycles. The van der Waals surface area contributed by atoms with E-state index in [-0.39, 0.29) is 17.8 Å². The molecule has 5 heteroatoms. The van der Waals surface area contributed by atoms with Gasteiger partial charge in [0.05, 0.1) is 23.1 Å². The molecule has 1 unspecified atom stereocenters. The number of halogens is 2. The van der Waals surface area contributed by atoms with Crippen molar-refractivity contribution in [3.63, 3.8) is 0 Å². The van der Waals surface area contributed by atoms with Gasteiger partial charge in [-0.15, -0.1) is 0 Å². The summed E-state index contributed by atoms with van der Waals surface area (Å²) in [5, 5.41) is 1.04. The predicted octanol–water partition coefficient (Wildman–Crippen LogP) is 4.38. The van der Waals surface area contributed by atoms with E-state index in [0.717, 1.165) is 18.7 Å². The second kappa shape index (κ2) is 7.56. The Kier molecular flexibility index (Phi) is 5.44. The minimum Gasteiger partial charge on any atom is -0.469 e. The molecule has 0 bridgehead atoms. The van der Waals surface area contributed by atoms with Crippen LogP contribution < -0.4 is 0 Å². The van der Waals surface area contributed by atoms with E-state index < -0.39 is 0 Å². The van der Waals surface area contributed by atoms with Gasteiger partial charge in [-0.2, -0.15) is 0 Å². The van der Waals surface area contributed by atoms with Crippen LogP contribution in [0.1, 0.15) is 17.0 Å². The summed E-state index contributed by atoms with van der Waals surface area (Å²) in [4.78, 5) is 14.5. The van der Waals surface area contributed by atoms with E-state index in [1.165, 1.54) is 12.7 Å². The lowest BCUT2D eigenvalue weighted by Gasteiger charge is -2.17. The quantitative estimate of drug-likeness (QED) is 0.754. The highest BCUT2D eigenvalue weighted by Crippen LogP contribution is 2.36. The molecule has 3 rings (SSSR count). The highest BCUT2D eigenvalue weighted by Gasteiger charge is 2.39. The van der Waals surface area contributed by atoms with Gasteiger partial charge in [-0.3, -0.25) is 9.69 Å². The Morgan fingerprint density at radius 2 is 1.88 bits per heavy atom. The van der Waals surface area contributed by atoms with Crippen molar-refractivity contribution in [2.24, 2.45) is 5.92 Å². The van der Waals surface area contributed by atoms with Gasteiger partial charge < -0.3 is 4.74 Å². The highest BCUT2D eigenvalue weighted by molar-refractivity contribution is 6.42. The molecule has 1 aliphatic rings. The maximum absolute atomic E-state index is 12.2. The number of esters is 1. The molecule has 1 aliphatic heterocycles. The number of carbonyl (C=O) groups excluding carboxylic acids is 1. The van der Waals surface area contributed by atoms with Gasteiger partial charge in [0.1, 0.15) is 0 Å². The van der Waals surface area contributed by atoms with Gasteiger partial charge in [-0.05, 0) is 23.3 Å². The van der Waals surface area contributed by atoms with Gasteiger partial charge in [-0.1, -0.05) is 59.6 Å². The average molecular weight is 364 g/mol. The number of carbonyl (C=O) groups is 1. The summed E-state index contributed by atoms with van der Waals surface area (Å²) in [5.74, 6) is -0.325. The lowest BCUT2D eigenvalue weighted by molar-refractivity contribution is -0.145. The molecule has 1 fully saturated rings. The molecule has 2 aromatic carbocycles. The summed E-state index contributed by atoms with van der Waals surface area (Å²) >= 11 is 12.2. The molecule has 2 aromatic rings. The summed E-state index contributed by atoms with van der Waals surface area (Å²) < 4.78 is 5.01. The maximum Gasteiger partial charge on any atom is 0.310 e. The predicted molar refractivity (Wildman–Crippen MR) is 96.4 cm³/mol. The van der Waals surface area contributed by atoms with Crippen molar-refractivity contribution in [3.8, 4) is 0 Å². The van der Waals surface area contributed by atoms with Crippen LogP contribution in [0.15, 0.2) is 48.5 Å². The topological polar surface area (TPSA) is 29.5 Å². The van der Waals surface area contributed by atoms with Crippen LogP contribution in [0.5, 0.6) is 0 Å². The Morgan fingerprint density at radius 3 is 2.54 bits per heavy atom. The zero-order valence-corrected chi connectivity index (χ0v) is 14.9. The highest BCUT2D eigenvalue weighted by atomic mass is 35.5. The first-order valence-electron chi connectivity index (χ1n) is 7.87. The normalized spacial score (nSPS) is 21.0. The number of methoxy groups -OCH3 is 1. The minimum absolute atomic E-state index is 0.0518. The molecule has 0 amide bonds. The van der Waals surface area contributed by atoms with Crippen LogP contribution in [0.25, 0.3) is 0 Å². The van der Waals surface area contributed by atoms with E-state index in [2.05, 4.69) is 17.0 Å². The molecule has 0 radical (unpaired) electrons. The molecular weight excluding hydrogens is 345 g/mol. The molecule has 126 valence electrons. The number of benzene rings is 2. The number of hydrogen-bond donors (Lipinski definition) is 0. The summed E-state index contributed by atoms with van der Waals surface area (Å²) in [7, 11) is 1.44. The number of likely N-dealkylation sites (tertiary alicyclic amines) is 1. The fourth-order valence-electron chi connectivity index (χ4n) is 3.33. The lowest BCUT2D eigenvalue weighted by Crippen LogP contribution is -2.24. The molecule has 0 saturated carbocycles. The molecule has 1 heterocycles. The van der Waals surface area contributed by atoms with E-state index in [0.29, 0.717) is 16.6 Å². The summed E-state index contributed by atoms with van der Waals surface area (Å²) in [6.07, 6.45) is 0. The van der Waals surface area contributed by atoms with E-state index in [4.69, 9.17) is 27.9 Å². The third-order valence-electron chi connectivity index (χ3n) is 4.52.